The van der Waals surface area contributed by atoms with Gasteiger partial charge in [-0.2, -0.15) is 0 Å². The predicted molar refractivity (Wildman–Crippen MR) is 69.6 cm³/mol. The molecule has 3 aromatic rings. The summed E-state index contributed by atoms with van der Waals surface area (Å²) >= 11 is 1.47. The summed E-state index contributed by atoms with van der Waals surface area (Å²) in [7, 11) is 0. The topological polar surface area (TPSA) is 63.1 Å². The number of fused-ring (bicyclic) bond motifs is 1. The van der Waals surface area contributed by atoms with E-state index in [2.05, 4.69) is 15.2 Å². The molecule has 0 amide bonds. The molecular formula is C12H9FN4OS. The number of hydrogen-bond donors (Lipinski definition) is 1. The van der Waals surface area contributed by atoms with Crippen molar-refractivity contribution in [1.29, 1.82) is 0 Å². The lowest BCUT2D eigenvalue weighted by molar-refractivity contribution is 0.627. The average molecular weight is 276 g/mol. The quantitative estimate of drug-likeness (QED) is 0.742. The third-order valence-electron chi connectivity index (χ3n) is 2.56. The number of hydrogen-bond acceptors (Lipinski definition) is 4. The number of halogens is 1. The van der Waals surface area contributed by atoms with Crippen molar-refractivity contribution < 1.29 is 4.39 Å². The smallest absolute Gasteiger partial charge is 0.252 e. The van der Waals surface area contributed by atoms with E-state index in [1.807, 2.05) is 0 Å². The van der Waals surface area contributed by atoms with Crippen molar-refractivity contribution in [3.05, 3.63) is 58.3 Å². The van der Waals surface area contributed by atoms with Gasteiger partial charge in [0.2, 0.25) is 5.78 Å². The van der Waals surface area contributed by atoms with Gasteiger partial charge < -0.3 is 0 Å². The summed E-state index contributed by atoms with van der Waals surface area (Å²) in [4.78, 5) is 13.7. The Morgan fingerprint density at radius 2 is 2.00 bits per heavy atom. The number of nitrogens with zero attached hydrogens (tertiary/aromatic N) is 3. The van der Waals surface area contributed by atoms with Crippen molar-refractivity contribution in [3.63, 3.8) is 0 Å². The third kappa shape index (κ3) is 2.50. The monoisotopic (exact) mass is 276 g/mol. The summed E-state index contributed by atoms with van der Waals surface area (Å²) in [5.74, 6) is 0.813. The highest BCUT2D eigenvalue weighted by Crippen LogP contribution is 2.20. The van der Waals surface area contributed by atoms with Gasteiger partial charge in [-0.1, -0.05) is 23.9 Å². The van der Waals surface area contributed by atoms with E-state index in [1.165, 1.54) is 30.0 Å². The van der Waals surface area contributed by atoms with Crippen molar-refractivity contribution in [2.75, 3.05) is 0 Å². The minimum absolute atomic E-state index is 0.213. The maximum absolute atomic E-state index is 12.8. The molecule has 0 aliphatic carbocycles. The molecule has 19 heavy (non-hydrogen) atoms. The van der Waals surface area contributed by atoms with Crippen LogP contribution in [0, 0.1) is 5.82 Å². The van der Waals surface area contributed by atoms with Crippen molar-refractivity contribution >= 4 is 17.5 Å². The Morgan fingerprint density at radius 1 is 1.21 bits per heavy atom. The van der Waals surface area contributed by atoms with E-state index in [0.717, 1.165) is 5.56 Å². The van der Waals surface area contributed by atoms with Crippen molar-refractivity contribution in [2.45, 2.75) is 10.9 Å². The predicted octanol–water partition coefficient (Wildman–Crippen LogP) is 1.85. The summed E-state index contributed by atoms with van der Waals surface area (Å²) in [6.45, 7) is 0. The van der Waals surface area contributed by atoms with Gasteiger partial charge in [0, 0.05) is 18.0 Å². The number of benzene rings is 1. The number of thioether (sulfide) groups is 1. The molecule has 5 nitrogen and oxygen atoms in total. The highest BCUT2D eigenvalue weighted by molar-refractivity contribution is 7.98. The fraction of sp³-hybridized carbons (Fsp3) is 0.0833. The zero-order valence-corrected chi connectivity index (χ0v) is 10.5. The first-order valence-electron chi connectivity index (χ1n) is 5.54. The van der Waals surface area contributed by atoms with Gasteiger partial charge >= 0.3 is 0 Å². The van der Waals surface area contributed by atoms with Crippen LogP contribution in [0.25, 0.3) is 5.78 Å². The molecule has 0 aliphatic heterocycles. The van der Waals surface area contributed by atoms with Crippen LogP contribution >= 0.6 is 11.8 Å². The molecule has 1 aromatic carbocycles. The summed E-state index contributed by atoms with van der Waals surface area (Å²) in [5, 5.41) is 8.56. The number of aromatic amines is 1. The normalized spacial score (nSPS) is 11.0. The fourth-order valence-corrected chi connectivity index (χ4v) is 2.49. The highest BCUT2D eigenvalue weighted by atomic mass is 32.2. The molecular weight excluding hydrogens is 267 g/mol. The minimum atomic E-state index is -0.251. The lowest BCUT2D eigenvalue weighted by Crippen LogP contribution is -2.05. The summed E-state index contributed by atoms with van der Waals surface area (Å²) < 4.78 is 14.5. The van der Waals surface area contributed by atoms with Crippen LogP contribution in [0.3, 0.4) is 0 Å². The van der Waals surface area contributed by atoms with Crippen molar-refractivity contribution in [1.82, 2.24) is 19.6 Å². The zero-order valence-electron chi connectivity index (χ0n) is 9.71. The third-order valence-corrected chi connectivity index (χ3v) is 3.57. The Morgan fingerprint density at radius 3 is 2.79 bits per heavy atom. The molecule has 96 valence electrons. The molecule has 0 atom stereocenters. The highest BCUT2D eigenvalue weighted by Gasteiger charge is 2.06. The first-order chi connectivity index (χ1) is 9.22. The molecule has 0 saturated heterocycles. The van der Waals surface area contributed by atoms with Gasteiger partial charge in [-0.3, -0.25) is 14.2 Å². The second-order valence-electron chi connectivity index (χ2n) is 3.90. The van der Waals surface area contributed by atoms with Crippen LogP contribution in [0.4, 0.5) is 4.39 Å². The summed E-state index contributed by atoms with van der Waals surface area (Å²) in [5.41, 5.74) is 0.780. The van der Waals surface area contributed by atoms with Crippen molar-refractivity contribution in [2.24, 2.45) is 0 Å². The number of nitrogens with one attached hydrogen (secondary N) is 1. The van der Waals surface area contributed by atoms with E-state index in [0.29, 0.717) is 16.7 Å². The number of rotatable bonds is 3. The van der Waals surface area contributed by atoms with Gasteiger partial charge in [0.1, 0.15) is 5.82 Å². The standard InChI is InChI=1S/C12H9FN4OS/c13-9-3-1-8(2-4-9)7-19-12-16-15-11-14-10(18)5-6-17(11)12/h1-6H,7H2,(H,14,15,18). The van der Waals surface area contributed by atoms with E-state index in [4.69, 9.17) is 0 Å². The SMILES string of the molecule is O=c1ccn2c(SCc3ccc(F)cc3)nnc2[nH]1. The van der Waals surface area contributed by atoms with Gasteiger partial charge in [-0.15, -0.1) is 10.2 Å². The average Bonchev–Trinajstić information content (AvgIpc) is 2.80. The van der Waals surface area contributed by atoms with Crippen LogP contribution in [0.2, 0.25) is 0 Å². The maximum Gasteiger partial charge on any atom is 0.252 e. The molecule has 2 aromatic heterocycles. The molecule has 0 unspecified atom stereocenters. The first kappa shape index (κ1) is 11.9. The first-order valence-corrected chi connectivity index (χ1v) is 6.52. The van der Waals surface area contributed by atoms with Gasteiger partial charge in [-0.25, -0.2) is 4.39 Å². The molecule has 0 spiro atoms. The maximum atomic E-state index is 12.8. The van der Waals surface area contributed by atoms with E-state index in [-0.39, 0.29) is 11.4 Å². The fourth-order valence-electron chi connectivity index (χ4n) is 1.62. The molecule has 0 bridgehead atoms. The van der Waals surface area contributed by atoms with E-state index in [9.17, 15) is 9.18 Å². The van der Waals surface area contributed by atoms with Crippen LogP contribution < -0.4 is 5.56 Å². The summed E-state index contributed by atoms with van der Waals surface area (Å²) in [6, 6.07) is 7.73. The molecule has 0 aliphatic rings. The number of H-pyrrole nitrogens is 1. The minimum Gasteiger partial charge on any atom is -0.291 e. The Labute approximate surface area is 111 Å². The van der Waals surface area contributed by atoms with Crippen LogP contribution in [0.15, 0.2) is 46.5 Å². The molecule has 1 N–H and O–H groups in total. The number of aromatic nitrogens is 4. The molecule has 0 saturated carbocycles. The Kier molecular flexibility index (Phi) is 3.04. The summed E-state index contributed by atoms with van der Waals surface area (Å²) in [6.07, 6.45) is 1.63. The zero-order chi connectivity index (χ0) is 13.2. The molecule has 7 heteroatoms. The van der Waals surface area contributed by atoms with Crippen molar-refractivity contribution in [3.8, 4) is 0 Å². The van der Waals surface area contributed by atoms with Crippen LogP contribution in [0.1, 0.15) is 5.56 Å². The van der Waals surface area contributed by atoms with Gasteiger partial charge in [0.25, 0.3) is 5.56 Å². The lowest BCUT2D eigenvalue weighted by Gasteiger charge is -2.00. The van der Waals surface area contributed by atoms with E-state index >= 15 is 0 Å². The lowest BCUT2D eigenvalue weighted by atomic mass is 10.2. The van der Waals surface area contributed by atoms with E-state index < -0.39 is 0 Å². The largest absolute Gasteiger partial charge is 0.291 e. The molecule has 0 fully saturated rings. The van der Waals surface area contributed by atoms with Gasteiger partial charge in [0.05, 0.1) is 0 Å². The van der Waals surface area contributed by atoms with E-state index in [1.54, 1.807) is 22.7 Å². The Balaban J connectivity index is 1.82. The Hall–Kier alpha value is -2.15. The van der Waals surface area contributed by atoms with Gasteiger partial charge in [0.15, 0.2) is 5.16 Å². The molecule has 2 heterocycles. The second kappa shape index (κ2) is 4.85. The Bertz CT molecular complexity index is 765. The molecule has 3 rings (SSSR count). The molecule has 0 radical (unpaired) electrons. The van der Waals surface area contributed by atoms with Crippen LogP contribution in [-0.4, -0.2) is 19.6 Å². The second-order valence-corrected chi connectivity index (χ2v) is 4.84. The van der Waals surface area contributed by atoms with Crippen LogP contribution in [-0.2, 0) is 5.75 Å². The van der Waals surface area contributed by atoms with Crippen LogP contribution in [0.5, 0.6) is 0 Å². The van der Waals surface area contributed by atoms with Gasteiger partial charge in [-0.05, 0) is 17.7 Å².